The third kappa shape index (κ3) is 8.31. The lowest BCUT2D eigenvalue weighted by molar-refractivity contribution is -0.286. The van der Waals surface area contributed by atoms with Gasteiger partial charge in [-0.25, -0.2) is 19.6 Å². The molecule has 65 heavy (non-hydrogen) atoms. The van der Waals surface area contributed by atoms with Gasteiger partial charge in [0.2, 0.25) is 11.8 Å². The predicted molar refractivity (Wildman–Crippen MR) is 233 cm³/mol. The number of alkyl halides is 2. The number of benzene rings is 3. The maximum absolute atomic E-state index is 14.3. The molecule has 344 valence electrons. The van der Waals surface area contributed by atoms with Gasteiger partial charge in [0.1, 0.15) is 23.7 Å². The number of aromatic nitrogens is 4. The summed E-state index contributed by atoms with van der Waals surface area (Å²) in [6.45, 7) is 8.36. The summed E-state index contributed by atoms with van der Waals surface area (Å²) in [6.07, 6.45) is -1.40. The van der Waals surface area contributed by atoms with E-state index in [1.54, 1.807) is 35.8 Å². The number of carboxylic acid groups (broad SMARTS) is 1. The van der Waals surface area contributed by atoms with Crippen LogP contribution < -0.4 is 25.0 Å². The number of nitrogens with zero attached hydrogens (tertiary/aromatic N) is 5. The normalized spacial score (nSPS) is 22.3. The molecule has 4 aliphatic heterocycles. The molecule has 4 amide bonds. The molecule has 5 N–H and O–H groups in total. The third-order valence-corrected chi connectivity index (χ3v) is 13.2. The van der Waals surface area contributed by atoms with Crippen LogP contribution in [0.4, 0.5) is 24.1 Å². The topological polar surface area (TPSA) is 207 Å². The zero-order chi connectivity index (χ0) is 45.9. The second-order valence-electron chi connectivity index (χ2n) is 18.0. The first-order valence-electron chi connectivity index (χ1n) is 22.2. The van der Waals surface area contributed by atoms with Gasteiger partial charge < -0.3 is 54.6 Å². The number of hydrogen-bond acceptors (Lipinski definition) is 10. The highest BCUT2D eigenvalue weighted by atomic mass is 19.3. The fraction of sp³-hybridized carbons (Fsp3) is 0.478. The van der Waals surface area contributed by atoms with Gasteiger partial charge in [0, 0.05) is 24.8 Å². The van der Waals surface area contributed by atoms with Crippen LogP contribution in [-0.4, -0.2) is 97.4 Å². The van der Waals surface area contributed by atoms with Gasteiger partial charge in [0.15, 0.2) is 11.5 Å². The summed E-state index contributed by atoms with van der Waals surface area (Å²) in [7, 11) is 1.27. The van der Waals surface area contributed by atoms with Gasteiger partial charge in [-0.05, 0) is 97.9 Å². The number of ether oxygens (including phenoxy) is 3. The smallest absolute Gasteiger partial charge is 0.465 e. The number of fused-ring (bicyclic) bond motifs is 3. The average molecular weight is 898 g/mol. The van der Waals surface area contributed by atoms with Gasteiger partial charge >= 0.3 is 18.5 Å². The predicted octanol–water partition coefficient (Wildman–Crippen LogP) is 7.84. The number of nitrogens with one attached hydrogen (secondary N) is 4. The molecule has 0 bridgehead atoms. The van der Waals surface area contributed by atoms with Gasteiger partial charge in [-0.2, -0.15) is 0 Å². The van der Waals surface area contributed by atoms with Crippen LogP contribution in [0, 0.1) is 11.8 Å². The van der Waals surface area contributed by atoms with E-state index in [-0.39, 0.29) is 59.3 Å². The molecule has 3 fully saturated rings. The Hall–Kier alpha value is -6.66. The van der Waals surface area contributed by atoms with Crippen LogP contribution in [0.15, 0.2) is 54.6 Å². The molecule has 0 spiro atoms. The summed E-state index contributed by atoms with van der Waals surface area (Å²) in [5, 5.41) is 14.5. The molecule has 9 rings (SSSR count). The zero-order valence-corrected chi connectivity index (χ0v) is 36.8. The molecule has 17 nitrogen and oxygen atoms in total. The van der Waals surface area contributed by atoms with Crippen molar-refractivity contribution in [3.8, 4) is 11.5 Å². The van der Waals surface area contributed by atoms with Crippen molar-refractivity contribution in [2.24, 2.45) is 11.8 Å². The summed E-state index contributed by atoms with van der Waals surface area (Å²) in [6, 6.07) is 14.1. The van der Waals surface area contributed by atoms with E-state index < -0.39 is 30.6 Å². The van der Waals surface area contributed by atoms with Gasteiger partial charge in [-0.1, -0.05) is 39.8 Å². The standard InChI is InChI=1S/C46H53F2N9O8/c1-23(2)38(53-44(60)61)42(58)55-18-6-8-34(55)40-49-28-13-10-25(20-30(28)51-40)32-15-16-33(57(32)27-12-17-36-37(22-27)65-46(47,48)64-36)26-11-14-29-31(21-26)52-41(50-29)35-9-7-19-56(35)43(59)39(24(3)4)54-45(62)63-5/h10-14,17,20-24,32-35,38-39,53H,6-9,15-16,18-19H2,1-5H3,(H,49,51)(H,50,52)(H,54,62)(H,60,61)/t32-,33?,34+,35+,38+,39+/m1/s1. The Labute approximate surface area is 373 Å². The molecule has 2 aromatic heterocycles. The van der Waals surface area contributed by atoms with Gasteiger partial charge in [0.05, 0.1) is 53.3 Å². The minimum Gasteiger partial charge on any atom is -0.465 e. The maximum Gasteiger partial charge on any atom is 0.586 e. The van der Waals surface area contributed by atoms with E-state index in [1.807, 2.05) is 50.2 Å². The van der Waals surface area contributed by atoms with Crippen LogP contribution in [0.25, 0.3) is 22.1 Å². The summed E-state index contributed by atoms with van der Waals surface area (Å²) < 4.78 is 43.0. The molecule has 1 unspecified atom stereocenters. The van der Waals surface area contributed by atoms with E-state index in [4.69, 9.17) is 24.2 Å². The third-order valence-electron chi connectivity index (χ3n) is 13.2. The van der Waals surface area contributed by atoms with E-state index in [1.165, 1.54) is 13.2 Å². The molecular weight excluding hydrogens is 845 g/mol. The second-order valence-corrected chi connectivity index (χ2v) is 18.0. The number of methoxy groups -OCH3 is 1. The number of amides is 4. The Balaban J connectivity index is 1.02. The lowest BCUT2D eigenvalue weighted by atomic mass is 10.0. The van der Waals surface area contributed by atoms with Crippen molar-refractivity contribution in [2.75, 3.05) is 25.1 Å². The number of carbonyl (C=O) groups excluding carboxylic acids is 3. The number of carbonyl (C=O) groups is 4. The summed E-state index contributed by atoms with van der Waals surface area (Å²) in [5.41, 5.74) is 5.54. The minimum absolute atomic E-state index is 0.0546. The molecule has 0 radical (unpaired) electrons. The highest BCUT2D eigenvalue weighted by Crippen LogP contribution is 2.51. The van der Waals surface area contributed by atoms with Gasteiger partial charge in [-0.15, -0.1) is 8.78 Å². The first-order valence-corrected chi connectivity index (χ1v) is 22.2. The van der Waals surface area contributed by atoms with E-state index >= 15 is 0 Å². The molecule has 4 aliphatic rings. The van der Waals surface area contributed by atoms with Crippen molar-refractivity contribution in [1.29, 1.82) is 0 Å². The number of H-pyrrole nitrogens is 2. The Morgan fingerprint density at radius 3 is 1.91 bits per heavy atom. The molecule has 6 atom stereocenters. The molecule has 0 saturated carbocycles. The number of rotatable bonds is 11. The Morgan fingerprint density at radius 2 is 1.29 bits per heavy atom. The number of anilines is 1. The van der Waals surface area contributed by atoms with Crippen LogP contribution in [0.5, 0.6) is 11.5 Å². The van der Waals surface area contributed by atoms with Crippen LogP contribution >= 0.6 is 0 Å². The number of likely N-dealkylation sites (tertiary alicyclic amines) is 2. The highest BCUT2D eigenvalue weighted by Gasteiger charge is 2.45. The fourth-order valence-electron chi connectivity index (χ4n) is 10.1. The van der Waals surface area contributed by atoms with Crippen LogP contribution in [0.1, 0.15) is 113 Å². The molecule has 19 heteroatoms. The molecular formula is C46H53F2N9O8. The van der Waals surface area contributed by atoms with Crippen molar-refractivity contribution in [2.45, 2.75) is 109 Å². The molecule has 6 heterocycles. The maximum atomic E-state index is 14.3. The summed E-state index contributed by atoms with van der Waals surface area (Å²) in [4.78, 5) is 73.8. The zero-order valence-electron chi connectivity index (χ0n) is 36.8. The Bertz CT molecular complexity index is 2650. The van der Waals surface area contributed by atoms with Crippen LogP contribution in [-0.2, 0) is 14.3 Å². The monoisotopic (exact) mass is 897 g/mol. The molecule has 0 aliphatic carbocycles. The number of aromatic amines is 2. The average Bonchev–Trinajstić information content (AvgIpc) is 4.13. The van der Waals surface area contributed by atoms with E-state index in [0.29, 0.717) is 67.1 Å². The Morgan fingerprint density at radius 1 is 0.723 bits per heavy atom. The summed E-state index contributed by atoms with van der Waals surface area (Å²) >= 11 is 0. The SMILES string of the molecule is COC(=O)N[C@H](C(=O)N1CCC[C@H]1c1nc2cc(C3CC[C@H](c4ccc5nc([C@@H]6CCCN6C(=O)[C@@H](NC(=O)O)C(C)C)[nH]c5c4)N3c3ccc4c(c3)OC(F)(F)O4)ccc2[nH]1)C(C)C. The van der Waals surface area contributed by atoms with Crippen LogP contribution in [0.3, 0.4) is 0 Å². The fourth-order valence-corrected chi connectivity index (χ4v) is 10.1. The minimum atomic E-state index is -3.79. The molecule has 3 aromatic carbocycles. The van der Waals surface area contributed by atoms with Crippen molar-refractivity contribution < 1.29 is 47.3 Å². The van der Waals surface area contributed by atoms with Crippen molar-refractivity contribution >= 4 is 51.8 Å². The van der Waals surface area contributed by atoms with Crippen molar-refractivity contribution in [3.63, 3.8) is 0 Å². The van der Waals surface area contributed by atoms with E-state index in [9.17, 15) is 33.1 Å². The number of imidazole rings is 2. The number of hydrogen-bond donors (Lipinski definition) is 5. The lowest BCUT2D eigenvalue weighted by Crippen LogP contribution is -2.51. The largest absolute Gasteiger partial charge is 0.586 e. The molecule has 5 aromatic rings. The second kappa shape index (κ2) is 17.0. The van der Waals surface area contributed by atoms with Gasteiger partial charge in [0.25, 0.3) is 0 Å². The quantitative estimate of drug-likeness (QED) is 0.0863. The first kappa shape index (κ1) is 43.6. The number of alkyl carbamates (subject to hydrolysis) is 1. The van der Waals surface area contributed by atoms with Gasteiger partial charge in [-0.3, -0.25) is 9.59 Å². The Kier molecular flexibility index (Phi) is 11.4. The number of halogens is 2. The van der Waals surface area contributed by atoms with E-state index in [0.717, 1.165) is 35.0 Å². The highest BCUT2D eigenvalue weighted by molar-refractivity contribution is 5.87. The van der Waals surface area contributed by atoms with Crippen molar-refractivity contribution in [3.05, 3.63) is 77.4 Å². The van der Waals surface area contributed by atoms with Crippen molar-refractivity contribution in [1.82, 2.24) is 40.4 Å². The summed E-state index contributed by atoms with van der Waals surface area (Å²) in [5.74, 6) is 0.235. The van der Waals surface area contributed by atoms with Crippen LogP contribution in [0.2, 0.25) is 0 Å². The van der Waals surface area contributed by atoms with E-state index in [2.05, 4.69) is 25.5 Å². The molecule has 3 saturated heterocycles. The lowest BCUT2D eigenvalue weighted by Gasteiger charge is -2.33. The first-order chi connectivity index (χ1) is 31.1.